The summed E-state index contributed by atoms with van der Waals surface area (Å²) in [5.41, 5.74) is 3.02. The van der Waals surface area contributed by atoms with Gasteiger partial charge in [0.15, 0.2) is 0 Å². The van der Waals surface area contributed by atoms with Crippen molar-refractivity contribution in [2.75, 3.05) is 18.4 Å². The molecule has 5 heteroatoms. The molecule has 2 aliphatic rings. The van der Waals surface area contributed by atoms with Gasteiger partial charge in [-0.15, -0.1) is 0 Å². The third kappa shape index (κ3) is 3.24. The highest BCUT2D eigenvalue weighted by Gasteiger charge is 2.25. The second-order valence-corrected chi connectivity index (χ2v) is 5.92. The zero-order valence-electron chi connectivity index (χ0n) is 12.0. The number of carbonyl (C=O) groups excluding carboxylic acids is 1. The van der Waals surface area contributed by atoms with E-state index in [0.29, 0.717) is 6.42 Å². The molecule has 3 rings (SSSR count). The van der Waals surface area contributed by atoms with Gasteiger partial charge < -0.3 is 10.4 Å². The Kier molecular flexibility index (Phi) is 3.92. The van der Waals surface area contributed by atoms with Crippen LogP contribution in [0.2, 0.25) is 0 Å². The van der Waals surface area contributed by atoms with Gasteiger partial charge in [-0.05, 0) is 49.5 Å². The largest absolute Gasteiger partial charge is 0.481 e. The van der Waals surface area contributed by atoms with Crippen molar-refractivity contribution in [1.82, 2.24) is 4.90 Å². The van der Waals surface area contributed by atoms with E-state index in [1.807, 2.05) is 18.2 Å². The number of nitrogens with one attached hydrogen (secondary N) is 1. The van der Waals surface area contributed by atoms with Crippen LogP contribution in [0.1, 0.15) is 30.4 Å². The van der Waals surface area contributed by atoms with Crippen molar-refractivity contribution < 1.29 is 14.7 Å². The molecular formula is C16H20N2O3. The van der Waals surface area contributed by atoms with Crippen molar-refractivity contribution in [3.8, 4) is 0 Å². The SMILES string of the molecule is O=C(O)CC(Cc1ccc2c(c1)CC(=O)N2)N1CCCC1. The molecule has 112 valence electrons. The molecule has 0 saturated carbocycles. The summed E-state index contributed by atoms with van der Waals surface area (Å²) in [5.74, 6) is -0.714. The molecule has 21 heavy (non-hydrogen) atoms. The molecule has 0 aliphatic carbocycles. The Balaban J connectivity index is 1.74. The molecule has 0 radical (unpaired) electrons. The molecule has 1 aromatic rings. The first kappa shape index (κ1) is 14.1. The monoisotopic (exact) mass is 288 g/mol. The maximum Gasteiger partial charge on any atom is 0.304 e. The number of likely N-dealkylation sites (tertiary alicyclic amines) is 1. The third-order valence-corrected chi connectivity index (χ3v) is 4.33. The van der Waals surface area contributed by atoms with Gasteiger partial charge in [0.25, 0.3) is 0 Å². The molecule has 1 atom stereocenters. The molecule has 2 aliphatic heterocycles. The van der Waals surface area contributed by atoms with Gasteiger partial charge in [0, 0.05) is 11.7 Å². The van der Waals surface area contributed by atoms with Crippen LogP contribution in [-0.2, 0) is 22.4 Å². The number of carboxylic acid groups (broad SMARTS) is 1. The van der Waals surface area contributed by atoms with Gasteiger partial charge in [-0.3, -0.25) is 14.5 Å². The maximum atomic E-state index is 11.4. The molecule has 1 saturated heterocycles. The molecule has 2 N–H and O–H groups in total. The van der Waals surface area contributed by atoms with E-state index in [0.717, 1.165) is 49.2 Å². The molecule has 0 spiro atoms. The molecule has 1 fully saturated rings. The first-order chi connectivity index (χ1) is 10.1. The molecule has 1 amide bonds. The average Bonchev–Trinajstić information content (AvgIpc) is 3.04. The number of carbonyl (C=O) groups is 2. The summed E-state index contributed by atoms with van der Waals surface area (Å²) in [6.07, 6.45) is 3.63. The van der Waals surface area contributed by atoms with Crippen molar-refractivity contribution in [2.24, 2.45) is 0 Å². The lowest BCUT2D eigenvalue weighted by Gasteiger charge is -2.26. The second-order valence-electron chi connectivity index (χ2n) is 5.92. The zero-order chi connectivity index (χ0) is 14.8. The summed E-state index contributed by atoms with van der Waals surface area (Å²) in [6.45, 7) is 1.98. The summed E-state index contributed by atoms with van der Waals surface area (Å²) in [5, 5.41) is 12.0. The fraction of sp³-hybridized carbons (Fsp3) is 0.500. The number of aliphatic carboxylic acids is 1. The Morgan fingerprint density at radius 3 is 2.81 bits per heavy atom. The number of nitrogens with zero attached hydrogens (tertiary/aromatic N) is 1. The Labute approximate surface area is 123 Å². The van der Waals surface area contributed by atoms with E-state index in [2.05, 4.69) is 10.2 Å². The Morgan fingerprint density at radius 1 is 1.33 bits per heavy atom. The fourth-order valence-corrected chi connectivity index (χ4v) is 3.32. The predicted octanol–water partition coefficient (Wildman–Crippen LogP) is 1.66. The van der Waals surface area contributed by atoms with Crippen LogP contribution >= 0.6 is 0 Å². The molecule has 1 unspecified atom stereocenters. The second kappa shape index (κ2) is 5.85. The first-order valence-corrected chi connectivity index (χ1v) is 7.49. The van der Waals surface area contributed by atoms with E-state index in [-0.39, 0.29) is 18.4 Å². The van der Waals surface area contributed by atoms with Crippen molar-refractivity contribution in [1.29, 1.82) is 0 Å². The standard InChI is InChI=1S/C16H20N2O3/c19-15-9-12-7-11(3-4-14(12)17-15)8-13(10-16(20)21)18-5-1-2-6-18/h3-4,7,13H,1-2,5-6,8-10H2,(H,17,19)(H,20,21). The fourth-order valence-electron chi connectivity index (χ4n) is 3.32. The highest BCUT2D eigenvalue weighted by atomic mass is 16.4. The molecule has 1 aromatic carbocycles. The smallest absolute Gasteiger partial charge is 0.304 e. The molecular weight excluding hydrogens is 268 g/mol. The van der Waals surface area contributed by atoms with E-state index >= 15 is 0 Å². The summed E-state index contributed by atoms with van der Waals surface area (Å²) in [4.78, 5) is 24.8. The Morgan fingerprint density at radius 2 is 2.10 bits per heavy atom. The average molecular weight is 288 g/mol. The summed E-state index contributed by atoms with van der Waals surface area (Å²) < 4.78 is 0. The minimum Gasteiger partial charge on any atom is -0.481 e. The van der Waals surface area contributed by atoms with Crippen LogP contribution in [0.5, 0.6) is 0 Å². The summed E-state index contributed by atoms with van der Waals surface area (Å²) in [7, 11) is 0. The van der Waals surface area contributed by atoms with Gasteiger partial charge in [0.2, 0.25) is 5.91 Å². The minimum atomic E-state index is -0.745. The van der Waals surface area contributed by atoms with Gasteiger partial charge in [-0.25, -0.2) is 0 Å². The molecule has 0 bridgehead atoms. The zero-order valence-corrected chi connectivity index (χ0v) is 12.0. The van der Waals surface area contributed by atoms with Crippen LogP contribution in [0.15, 0.2) is 18.2 Å². The number of anilines is 1. The predicted molar refractivity (Wildman–Crippen MR) is 79.3 cm³/mol. The van der Waals surface area contributed by atoms with Crippen LogP contribution in [0, 0.1) is 0 Å². The van der Waals surface area contributed by atoms with E-state index in [1.165, 1.54) is 0 Å². The van der Waals surface area contributed by atoms with Gasteiger partial charge in [-0.1, -0.05) is 12.1 Å². The van der Waals surface area contributed by atoms with Crippen LogP contribution < -0.4 is 5.32 Å². The van der Waals surface area contributed by atoms with Gasteiger partial charge in [-0.2, -0.15) is 0 Å². The molecule has 2 heterocycles. The number of rotatable bonds is 5. The van der Waals surface area contributed by atoms with Crippen LogP contribution in [0.25, 0.3) is 0 Å². The van der Waals surface area contributed by atoms with Crippen LogP contribution in [-0.4, -0.2) is 41.0 Å². The quantitative estimate of drug-likeness (QED) is 0.864. The molecule has 5 nitrogen and oxygen atoms in total. The first-order valence-electron chi connectivity index (χ1n) is 7.49. The van der Waals surface area contributed by atoms with Crippen LogP contribution in [0.3, 0.4) is 0 Å². The number of fused-ring (bicyclic) bond motifs is 1. The lowest BCUT2D eigenvalue weighted by atomic mass is 9.99. The van der Waals surface area contributed by atoms with Crippen LogP contribution in [0.4, 0.5) is 5.69 Å². The maximum absolute atomic E-state index is 11.4. The van der Waals surface area contributed by atoms with E-state index in [1.54, 1.807) is 0 Å². The van der Waals surface area contributed by atoms with E-state index in [9.17, 15) is 9.59 Å². The lowest BCUT2D eigenvalue weighted by Crippen LogP contribution is -2.36. The molecule has 0 aromatic heterocycles. The Bertz CT molecular complexity index is 565. The van der Waals surface area contributed by atoms with Crippen molar-refractivity contribution >= 4 is 17.6 Å². The highest BCUT2D eigenvalue weighted by molar-refractivity contribution is 5.99. The van der Waals surface area contributed by atoms with Crippen molar-refractivity contribution in [3.05, 3.63) is 29.3 Å². The third-order valence-electron chi connectivity index (χ3n) is 4.33. The van der Waals surface area contributed by atoms with Gasteiger partial charge >= 0.3 is 5.97 Å². The number of amides is 1. The summed E-state index contributed by atoms with van der Waals surface area (Å²) in [6, 6.07) is 6.01. The number of carboxylic acids is 1. The number of hydrogen-bond donors (Lipinski definition) is 2. The summed E-state index contributed by atoms with van der Waals surface area (Å²) >= 11 is 0. The number of hydrogen-bond acceptors (Lipinski definition) is 3. The Hall–Kier alpha value is -1.88. The van der Waals surface area contributed by atoms with Gasteiger partial charge in [0.05, 0.1) is 12.8 Å². The van der Waals surface area contributed by atoms with Gasteiger partial charge in [0.1, 0.15) is 0 Å². The number of benzene rings is 1. The van der Waals surface area contributed by atoms with Crippen molar-refractivity contribution in [2.45, 2.75) is 38.1 Å². The normalized spacial score (nSPS) is 19.3. The minimum absolute atomic E-state index is 0.0313. The van der Waals surface area contributed by atoms with E-state index in [4.69, 9.17) is 5.11 Å². The van der Waals surface area contributed by atoms with E-state index < -0.39 is 5.97 Å². The topological polar surface area (TPSA) is 69.6 Å². The lowest BCUT2D eigenvalue weighted by molar-refractivity contribution is -0.138. The highest BCUT2D eigenvalue weighted by Crippen LogP contribution is 2.26. The van der Waals surface area contributed by atoms with Crippen molar-refractivity contribution in [3.63, 3.8) is 0 Å².